The number of hydrogen-bond donors (Lipinski definition) is 0. The van der Waals surface area contributed by atoms with Crippen LogP contribution in [0, 0.1) is 9.39 Å². The van der Waals surface area contributed by atoms with Crippen molar-refractivity contribution in [2.24, 2.45) is 0 Å². The van der Waals surface area contributed by atoms with Crippen LogP contribution in [-0.2, 0) is 5.88 Å². The molecule has 0 heterocycles. The summed E-state index contributed by atoms with van der Waals surface area (Å²) in [5.41, 5.74) is 0.557. The number of halogens is 3. The van der Waals surface area contributed by atoms with Crippen molar-refractivity contribution in [2.45, 2.75) is 5.88 Å². The SMILES string of the molecule is Fc1cc(I)ccc1CCl. The van der Waals surface area contributed by atoms with Crippen molar-refractivity contribution in [1.82, 2.24) is 0 Å². The summed E-state index contributed by atoms with van der Waals surface area (Å²) in [4.78, 5) is 0. The molecule has 0 radical (unpaired) electrons. The normalized spacial score (nSPS) is 9.90. The summed E-state index contributed by atoms with van der Waals surface area (Å²) < 4.78 is 13.7. The zero-order valence-electron chi connectivity index (χ0n) is 5.07. The first kappa shape index (κ1) is 8.27. The van der Waals surface area contributed by atoms with Crippen molar-refractivity contribution >= 4 is 34.2 Å². The van der Waals surface area contributed by atoms with Crippen LogP contribution in [0.25, 0.3) is 0 Å². The average Bonchev–Trinajstić information content (AvgIpc) is 1.88. The van der Waals surface area contributed by atoms with Gasteiger partial charge in [0.1, 0.15) is 5.82 Å². The second-order valence-electron chi connectivity index (χ2n) is 1.87. The fourth-order valence-electron chi connectivity index (χ4n) is 0.630. The van der Waals surface area contributed by atoms with Gasteiger partial charge in [0.25, 0.3) is 0 Å². The minimum atomic E-state index is -0.220. The number of benzene rings is 1. The predicted molar refractivity (Wildman–Crippen MR) is 48.7 cm³/mol. The molecule has 1 rings (SSSR count). The predicted octanol–water partition coefficient (Wildman–Crippen LogP) is 3.17. The highest BCUT2D eigenvalue weighted by Gasteiger charge is 1.99. The molecule has 0 amide bonds. The van der Waals surface area contributed by atoms with Gasteiger partial charge in [0.05, 0.1) is 5.88 Å². The molecular formula is C7H5ClFI. The van der Waals surface area contributed by atoms with E-state index in [0.717, 1.165) is 3.57 Å². The summed E-state index contributed by atoms with van der Waals surface area (Å²) in [7, 11) is 0. The van der Waals surface area contributed by atoms with Gasteiger partial charge in [-0.1, -0.05) is 6.07 Å². The highest BCUT2D eigenvalue weighted by molar-refractivity contribution is 14.1. The molecule has 3 heteroatoms. The Hall–Kier alpha value is 0.170. The lowest BCUT2D eigenvalue weighted by Gasteiger charge is -1.96. The largest absolute Gasteiger partial charge is 0.207 e. The van der Waals surface area contributed by atoms with Gasteiger partial charge < -0.3 is 0 Å². The minimum absolute atomic E-state index is 0.220. The Morgan fingerprint density at radius 2 is 2.20 bits per heavy atom. The van der Waals surface area contributed by atoms with Gasteiger partial charge in [-0.05, 0) is 34.7 Å². The zero-order chi connectivity index (χ0) is 7.56. The molecular weight excluding hydrogens is 265 g/mol. The van der Waals surface area contributed by atoms with E-state index in [1.165, 1.54) is 6.07 Å². The Morgan fingerprint density at radius 3 is 2.70 bits per heavy atom. The smallest absolute Gasteiger partial charge is 0.128 e. The standard InChI is InChI=1S/C7H5ClFI/c8-4-5-1-2-6(10)3-7(5)9/h1-3H,4H2. The fraction of sp³-hybridized carbons (Fsp3) is 0.143. The first-order valence-electron chi connectivity index (χ1n) is 2.74. The van der Waals surface area contributed by atoms with Crippen molar-refractivity contribution in [3.05, 3.63) is 33.1 Å². The van der Waals surface area contributed by atoms with Gasteiger partial charge in [0.2, 0.25) is 0 Å². The van der Waals surface area contributed by atoms with E-state index in [0.29, 0.717) is 5.56 Å². The van der Waals surface area contributed by atoms with E-state index in [1.807, 2.05) is 6.07 Å². The Kier molecular flexibility index (Phi) is 2.92. The zero-order valence-corrected chi connectivity index (χ0v) is 7.99. The molecule has 0 bridgehead atoms. The number of rotatable bonds is 1. The molecule has 10 heavy (non-hydrogen) atoms. The van der Waals surface area contributed by atoms with E-state index in [-0.39, 0.29) is 11.7 Å². The van der Waals surface area contributed by atoms with Crippen molar-refractivity contribution in [1.29, 1.82) is 0 Å². The van der Waals surface area contributed by atoms with Gasteiger partial charge in [-0.15, -0.1) is 11.6 Å². The fourth-order valence-corrected chi connectivity index (χ4v) is 1.30. The maximum absolute atomic E-state index is 12.8. The van der Waals surface area contributed by atoms with Crippen molar-refractivity contribution in [2.75, 3.05) is 0 Å². The average molecular weight is 270 g/mol. The maximum Gasteiger partial charge on any atom is 0.128 e. The van der Waals surface area contributed by atoms with Gasteiger partial charge in [0.15, 0.2) is 0 Å². The lowest BCUT2D eigenvalue weighted by molar-refractivity contribution is 0.616. The monoisotopic (exact) mass is 270 g/mol. The Morgan fingerprint density at radius 1 is 1.50 bits per heavy atom. The molecule has 0 nitrogen and oxygen atoms in total. The summed E-state index contributed by atoms with van der Waals surface area (Å²) >= 11 is 7.50. The van der Waals surface area contributed by atoms with Crippen molar-refractivity contribution in [3.63, 3.8) is 0 Å². The molecule has 1 aromatic carbocycles. The molecule has 0 N–H and O–H groups in total. The van der Waals surface area contributed by atoms with E-state index < -0.39 is 0 Å². The maximum atomic E-state index is 12.8. The molecule has 0 spiro atoms. The van der Waals surface area contributed by atoms with E-state index in [1.54, 1.807) is 6.07 Å². The number of alkyl halides is 1. The lowest BCUT2D eigenvalue weighted by atomic mass is 10.2. The van der Waals surface area contributed by atoms with Gasteiger partial charge in [-0.25, -0.2) is 4.39 Å². The first-order valence-corrected chi connectivity index (χ1v) is 4.35. The summed E-state index contributed by atoms with van der Waals surface area (Å²) in [6, 6.07) is 5.00. The molecule has 1 aromatic rings. The quantitative estimate of drug-likeness (QED) is 0.543. The summed E-state index contributed by atoms with van der Waals surface area (Å²) in [6.45, 7) is 0. The highest BCUT2D eigenvalue weighted by atomic mass is 127. The molecule has 54 valence electrons. The van der Waals surface area contributed by atoms with E-state index in [9.17, 15) is 4.39 Å². The van der Waals surface area contributed by atoms with Crippen LogP contribution in [0.1, 0.15) is 5.56 Å². The van der Waals surface area contributed by atoms with Gasteiger partial charge >= 0.3 is 0 Å². The van der Waals surface area contributed by atoms with Crippen molar-refractivity contribution in [3.8, 4) is 0 Å². The lowest BCUT2D eigenvalue weighted by Crippen LogP contribution is -1.85. The summed E-state index contributed by atoms with van der Waals surface area (Å²) in [6.07, 6.45) is 0. The van der Waals surface area contributed by atoms with Crippen molar-refractivity contribution < 1.29 is 4.39 Å². The Bertz CT molecular complexity index is 237. The van der Waals surface area contributed by atoms with E-state index in [2.05, 4.69) is 22.6 Å². The molecule has 0 aromatic heterocycles. The second-order valence-corrected chi connectivity index (χ2v) is 3.38. The molecule has 0 aliphatic carbocycles. The third-order valence-electron chi connectivity index (χ3n) is 1.16. The third-order valence-corrected chi connectivity index (χ3v) is 2.12. The van der Waals surface area contributed by atoms with Crippen LogP contribution in [0.5, 0.6) is 0 Å². The van der Waals surface area contributed by atoms with Crippen LogP contribution in [0.3, 0.4) is 0 Å². The van der Waals surface area contributed by atoms with Crippen LogP contribution >= 0.6 is 34.2 Å². The van der Waals surface area contributed by atoms with Gasteiger partial charge in [-0.2, -0.15) is 0 Å². The van der Waals surface area contributed by atoms with E-state index >= 15 is 0 Å². The topological polar surface area (TPSA) is 0 Å². The van der Waals surface area contributed by atoms with E-state index in [4.69, 9.17) is 11.6 Å². The third kappa shape index (κ3) is 1.83. The molecule has 0 atom stereocenters. The molecule has 0 fully saturated rings. The first-order chi connectivity index (χ1) is 4.74. The van der Waals surface area contributed by atoms with Gasteiger partial charge in [-0.3, -0.25) is 0 Å². The van der Waals surface area contributed by atoms with Crippen LogP contribution in [0.4, 0.5) is 4.39 Å². The molecule has 0 saturated heterocycles. The van der Waals surface area contributed by atoms with Crippen LogP contribution < -0.4 is 0 Å². The summed E-state index contributed by atoms with van der Waals surface area (Å²) in [5.74, 6) is 0.0184. The molecule has 0 unspecified atom stereocenters. The second kappa shape index (κ2) is 3.53. The molecule has 0 aliphatic rings. The Labute approximate surface area is 77.5 Å². The highest BCUT2D eigenvalue weighted by Crippen LogP contribution is 2.13. The van der Waals surface area contributed by atoms with Crippen LogP contribution in [0.2, 0.25) is 0 Å². The van der Waals surface area contributed by atoms with Gasteiger partial charge in [0, 0.05) is 9.13 Å². The van der Waals surface area contributed by atoms with Crippen LogP contribution in [0.15, 0.2) is 18.2 Å². The number of hydrogen-bond acceptors (Lipinski definition) is 0. The van der Waals surface area contributed by atoms with Crippen LogP contribution in [-0.4, -0.2) is 0 Å². The molecule has 0 saturated carbocycles. The summed E-state index contributed by atoms with van der Waals surface area (Å²) in [5, 5.41) is 0. The Balaban J connectivity index is 3.07. The molecule has 0 aliphatic heterocycles. The minimum Gasteiger partial charge on any atom is -0.207 e.